The number of aliphatic hydroxyl groups is 1. The molecule has 5 nitrogen and oxygen atoms in total. The standard InChI is InChI=1S/C8H17NO4/c1-2-9-8(11)7-13-6-5-12-4-3-10/h10H,2-7H2,1H3,(H,9,11). The summed E-state index contributed by atoms with van der Waals surface area (Å²) in [6, 6.07) is 0. The van der Waals surface area contributed by atoms with E-state index in [-0.39, 0.29) is 19.1 Å². The van der Waals surface area contributed by atoms with Crippen LogP contribution in [0.4, 0.5) is 0 Å². The summed E-state index contributed by atoms with van der Waals surface area (Å²) in [5, 5.41) is 11.0. The number of likely N-dealkylation sites (N-methyl/N-ethyl adjacent to an activating group) is 1. The first-order valence-corrected chi connectivity index (χ1v) is 4.34. The third-order valence-electron chi connectivity index (χ3n) is 1.21. The highest BCUT2D eigenvalue weighted by molar-refractivity contribution is 5.77. The van der Waals surface area contributed by atoms with Crippen LogP contribution in [0.15, 0.2) is 0 Å². The molecule has 0 saturated carbocycles. The van der Waals surface area contributed by atoms with E-state index < -0.39 is 0 Å². The Bertz CT molecular complexity index is 129. The predicted octanol–water partition coefficient (Wildman–Crippen LogP) is -0.852. The zero-order valence-electron chi connectivity index (χ0n) is 7.91. The van der Waals surface area contributed by atoms with Crippen molar-refractivity contribution in [3.8, 4) is 0 Å². The molecule has 0 unspecified atom stereocenters. The van der Waals surface area contributed by atoms with Gasteiger partial charge in [0.15, 0.2) is 0 Å². The summed E-state index contributed by atoms with van der Waals surface area (Å²) in [5.41, 5.74) is 0. The first-order valence-electron chi connectivity index (χ1n) is 4.34. The largest absolute Gasteiger partial charge is 0.394 e. The lowest BCUT2D eigenvalue weighted by Crippen LogP contribution is -2.27. The maximum atomic E-state index is 10.8. The summed E-state index contributed by atoms with van der Waals surface area (Å²) in [5.74, 6) is -0.121. The highest BCUT2D eigenvalue weighted by Crippen LogP contribution is 1.78. The molecule has 0 aliphatic heterocycles. The fourth-order valence-corrected chi connectivity index (χ4v) is 0.698. The van der Waals surface area contributed by atoms with Crippen LogP contribution in [0.3, 0.4) is 0 Å². The van der Waals surface area contributed by atoms with E-state index in [4.69, 9.17) is 14.6 Å². The van der Waals surface area contributed by atoms with Crippen molar-refractivity contribution >= 4 is 5.91 Å². The van der Waals surface area contributed by atoms with Gasteiger partial charge in [-0.2, -0.15) is 0 Å². The maximum Gasteiger partial charge on any atom is 0.245 e. The summed E-state index contributed by atoms with van der Waals surface area (Å²) in [4.78, 5) is 10.8. The molecule has 0 atom stereocenters. The summed E-state index contributed by atoms with van der Waals surface area (Å²) < 4.78 is 9.89. The molecule has 0 aliphatic rings. The molecule has 5 heteroatoms. The van der Waals surface area contributed by atoms with Crippen LogP contribution in [0.5, 0.6) is 0 Å². The van der Waals surface area contributed by atoms with Crippen LogP contribution in [0.1, 0.15) is 6.92 Å². The lowest BCUT2D eigenvalue weighted by molar-refractivity contribution is -0.126. The van der Waals surface area contributed by atoms with E-state index in [2.05, 4.69) is 5.32 Å². The van der Waals surface area contributed by atoms with Crippen molar-refractivity contribution in [1.82, 2.24) is 5.32 Å². The van der Waals surface area contributed by atoms with Crippen molar-refractivity contribution in [1.29, 1.82) is 0 Å². The molecule has 0 bridgehead atoms. The monoisotopic (exact) mass is 191 g/mol. The molecule has 1 amide bonds. The van der Waals surface area contributed by atoms with Gasteiger partial charge >= 0.3 is 0 Å². The second-order valence-electron chi connectivity index (χ2n) is 2.34. The molecular formula is C8H17NO4. The lowest BCUT2D eigenvalue weighted by Gasteiger charge is -2.04. The van der Waals surface area contributed by atoms with Crippen molar-refractivity contribution < 1.29 is 19.4 Å². The Morgan fingerprint density at radius 1 is 1.31 bits per heavy atom. The van der Waals surface area contributed by atoms with Crippen LogP contribution in [0.25, 0.3) is 0 Å². The zero-order valence-corrected chi connectivity index (χ0v) is 7.91. The van der Waals surface area contributed by atoms with Gasteiger partial charge in [-0.3, -0.25) is 4.79 Å². The van der Waals surface area contributed by atoms with Crippen molar-refractivity contribution in [2.45, 2.75) is 6.92 Å². The van der Waals surface area contributed by atoms with Gasteiger partial charge in [-0.25, -0.2) is 0 Å². The Balaban J connectivity index is 3.02. The zero-order chi connectivity index (χ0) is 9.94. The number of ether oxygens (including phenoxy) is 2. The van der Waals surface area contributed by atoms with Gasteiger partial charge in [-0.05, 0) is 6.92 Å². The van der Waals surface area contributed by atoms with Gasteiger partial charge in [-0.15, -0.1) is 0 Å². The van der Waals surface area contributed by atoms with Gasteiger partial charge in [0.2, 0.25) is 5.91 Å². The molecule has 0 spiro atoms. The number of aliphatic hydroxyl groups excluding tert-OH is 1. The van der Waals surface area contributed by atoms with Gasteiger partial charge in [0.25, 0.3) is 0 Å². The third-order valence-corrected chi connectivity index (χ3v) is 1.21. The smallest absolute Gasteiger partial charge is 0.245 e. The Kier molecular flexibility index (Phi) is 8.97. The molecule has 78 valence electrons. The molecule has 0 aliphatic carbocycles. The topological polar surface area (TPSA) is 67.8 Å². The van der Waals surface area contributed by atoms with Gasteiger partial charge in [0, 0.05) is 6.54 Å². The number of carbonyl (C=O) groups is 1. The first-order chi connectivity index (χ1) is 6.31. The van der Waals surface area contributed by atoms with Crippen LogP contribution >= 0.6 is 0 Å². The quantitative estimate of drug-likeness (QED) is 0.490. The summed E-state index contributed by atoms with van der Waals surface area (Å²) in [6.45, 7) is 3.62. The van der Waals surface area contributed by atoms with Crippen molar-refractivity contribution in [3.63, 3.8) is 0 Å². The minimum Gasteiger partial charge on any atom is -0.394 e. The van der Waals surface area contributed by atoms with Crippen molar-refractivity contribution in [2.24, 2.45) is 0 Å². The molecule has 0 fully saturated rings. The Hall–Kier alpha value is -0.650. The highest BCUT2D eigenvalue weighted by atomic mass is 16.5. The molecule has 0 aromatic heterocycles. The van der Waals surface area contributed by atoms with E-state index in [1.54, 1.807) is 0 Å². The maximum absolute atomic E-state index is 10.8. The van der Waals surface area contributed by atoms with Crippen molar-refractivity contribution in [3.05, 3.63) is 0 Å². The summed E-state index contributed by atoms with van der Waals surface area (Å²) in [7, 11) is 0. The van der Waals surface area contributed by atoms with E-state index in [0.717, 1.165) is 0 Å². The summed E-state index contributed by atoms with van der Waals surface area (Å²) in [6.07, 6.45) is 0. The predicted molar refractivity (Wildman–Crippen MR) is 47.4 cm³/mol. The molecule has 0 aromatic carbocycles. The molecular weight excluding hydrogens is 174 g/mol. The first kappa shape index (κ1) is 12.3. The van der Waals surface area contributed by atoms with Crippen molar-refractivity contribution in [2.75, 3.05) is 39.6 Å². The van der Waals surface area contributed by atoms with Crippen LogP contribution in [0, 0.1) is 0 Å². The molecule has 2 N–H and O–H groups in total. The molecule has 0 rings (SSSR count). The highest BCUT2D eigenvalue weighted by Gasteiger charge is 1.97. The van der Waals surface area contributed by atoms with E-state index in [9.17, 15) is 4.79 Å². The van der Waals surface area contributed by atoms with E-state index in [1.165, 1.54) is 0 Å². The van der Waals surface area contributed by atoms with Gasteiger partial charge in [0.1, 0.15) is 6.61 Å². The molecule has 0 aromatic rings. The normalized spacial score (nSPS) is 10.0. The number of hydrogen-bond acceptors (Lipinski definition) is 4. The second kappa shape index (κ2) is 9.44. The van der Waals surface area contributed by atoms with Crippen LogP contribution in [0.2, 0.25) is 0 Å². The number of carbonyl (C=O) groups excluding carboxylic acids is 1. The lowest BCUT2D eigenvalue weighted by atomic mass is 10.6. The van der Waals surface area contributed by atoms with E-state index in [0.29, 0.717) is 26.4 Å². The van der Waals surface area contributed by atoms with Gasteiger partial charge in [0.05, 0.1) is 26.4 Å². The molecule has 13 heavy (non-hydrogen) atoms. The Morgan fingerprint density at radius 2 is 2.00 bits per heavy atom. The molecule has 0 saturated heterocycles. The number of rotatable bonds is 8. The number of amides is 1. The Morgan fingerprint density at radius 3 is 2.62 bits per heavy atom. The second-order valence-corrected chi connectivity index (χ2v) is 2.34. The fourth-order valence-electron chi connectivity index (χ4n) is 0.698. The van der Waals surface area contributed by atoms with E-state index in [1.807, 2.05) is 6.92 Å². The van der Waals surface area contributed by atoms with Gasteiger partial charge < -0.3 is 19.9 Å². The van der Waals surface area contributed by atoms with Gasteiger partial charge in [-0.1, -0.05) is 0 Å². The van der Waals surface area contributed by atoms with Crippen LogP contribution < -0.4 is 5.32 Å². The van der Waals surface area contributed by atoms with E-state index >= 15 is 0 Å². The number of nitrogens with one attached hydrogen (secondary N) is 1. The minimum atomic E-state index is -0.121. The SMILES string of the molecule is CCNC(=O)COCCOCCO. The Labute approximate surface area is 78.0 Å². The minimum absolute atomic E-state index is 0.0102. The average molecular weight is 191 g/mol. The van der Waals surface area contributed by atoms with Crippen LogP contribution in [-0.2, 0) is 14.3 Å². The fraction of sp³-hybridized carbons (Fsp3) is 0.875. The summed E-state index contributed by atoms with van der Waals surface area (Å²) >= 11 is 0. The number of hydrogen-bond donors (Lipinski definition) is 2. The average Bonchev–Trinajstić information content (AvgIpc) is 2.11. The third kappa shape index (κ3) is 9.26. The molecule has 0 heterocycles. The molecule has 0 radical (unpaired) electrons. The van der Waals surface area contributed by atoms with Crippen LogP contribution in [-0.4, -0.2) is 50.6 Å².